The van der Waals surface area contributed by atoms with Crippen LogP contribution in [0.2, 0.25) is 0 Å². The first-order valence-corrected chi connectivity index (χ1v) is 5.15. The lowest BCUT2D eigenvalue weighted by Gasteiger charge is -2.42. The highest BCUT2D eigenvalue weighted by molar-refractivity contribution is 5.55. The Kier molecular flexibility index (Phi) is 1.54. The molecule has 0 aromatic carbocycles. The van der Waals surface area contributed by atoms with Gasteiger partial charge >= 0.3 is 0 Å². The smallest absolute Gasteiger partial charge is 0.0432 e. The lowest BCUT2D eigenvalue weighted by molar-refractivity contribution is 0.423. The van der Waals surface area contributed by atoms with E-state index in [4.69, 9.17) is 0 Å². The van der Waals surface area contributed by atoms with Crippen LogP contribution in [0.4, 0.5) is 5.69 Å². The maximum atomic E-state index is 4.20. The van der Waals surface area contributed by atoms with E-state index in [9.17, 15) is 0 Å². The van der Waals surface area contributed by atoms with Gasteiger partial charge in [0.25, 0.3) is 0 Å². The van der Waals surface area contributed by atoms with E-state index in [1.165, 1.54) is 43.5 Å². The number of fused-ring (bicyclic) bond motifs is 3. The molecular weight excluding hydrogens is 160 g/mol. The molecule has 0 saturated carbocycles. The normalized spacial score (nSPS) is 25.5. The van der Waals surface area contributed by atoms with E-state index < -0.39 is 0 Å². The zero-order chi connectivity index (χ0) is 8.67. The number of anilines is 1. The van der Waals surface area contributed by atoms with Crippen LogP contribution in [0.3, 0.4) is 0 Å². The Morgan fingerprint density at radius 2 is 2.38 bits per heavy atom. The Hall–Kier alpha value is -1.05. The number of aromatic nitrogens is 1. The minimum Gasteiger partial charge on any atom is -0.368 e. The van der Waals surface area contributed by atoms with Crippen LogP contribution in [0.1, 0.15) is 24.8 Å². The number of pyridine rings is 1. The van der Waals surface area contributed by atoms with Gasteiger partial charge in [0.15, 0.2) is 0 Å². The van der Waals surface area contributed by atoms with Gasteiger partial charge in [0, 0.05) is 30.7 Å². The van der Waals surface area contributed by atoms with Gasteiger partial charge in [0.2, 0.25) is 0 Å². The third kappa shape index (κ3) is 1.05. The largest absolute Gasteiger partial charge is 0.368 e. The molecule has 1 aromatic heterocycles. The molecule has 0 N–H and O–H groups in total. The summed E-state index contributed by atoms with van der Waals surface area (Å²) in [6, 6.07) is 3.01. The third-order valence-electron chi connectivity index (χ3n) is 3.31. The Morgan fingerprint density at radius 3 is 3.23 bits per heavy atom. The number of hydrogen-bond donors (Lipinski definition) is 0. The zero-order valence-electron chi connectivity index (χ0n) is 7.74. The standard InChI is InChI=1S/C11H14N2/c1-2-9-8-12-6-4-11(9)13-7-5-10(13)3-1/h4,6,8,10H,1-3,5,7H2. The Morgan fingerprint density at radius 1 is 1.38 bits per heavy atom. The molecule has 2 heteroatoms. The van der Waals surface area contributed by atoms with E-state index >= 15 is 0 Å². The highest BCUT2D eigenvalue weighted by atomic mass is 15.2. The van der Waals surface area contributed by atoms with E-state index in [2.05, 4.69) is 16.0 Å². The highest BCUT2D eigenvalue weighted by Crippen LogP contribution is 2.35. The Labute approximate surface area is 78.6 Å². The van der Waals surface area contributed by atoms with Crippen molar-refractivity contribution in [3.05, 3.63) is 24.0 Å². The molecule has 2 nitrogen and oxygen atoms in total. The van der Waals surface area contributed by atoms with Crippen LogP contribution < -0.4 is 4.90 Å². The average molecular weight is 174 g/mol. The first kappa shape index (κ1) is 7.36. The van der Waals surface area contributed by atoms with Crippen molar-refractivity contribution in [2.75, 3.05) is 11.4 Å². The lowest BCUT2D eigenvalue weighted by Crippen LogP contribution is -2.47. The van der Waals surface area contributed by atoms with Crippen LogP contribution >= 0.6 is 0 Å². The van der Waals surface area contributed by atoms with Crippen LogP contribution in [0.25, 0.3) is 0 Å². The predicted molar refractivity (Wildman–Crippen MR) is 52.9 cm³/mol. The van der Waals surface area contributed by atoms with Crippen molar-refractivity contribution in [2.45, 2.75) is 31.7 Å². The van der Waals surface area contributed by atoms with Gasteiger partial charge in [-0.05, 0) is 37.3 Å². The van der Waals surface area contributed by atoms with Crippen LogP contribution in [0.5, 0.6) is 0 Å². The van der Waals surface area contributed by atoms with Crippen molar-refractivity contribution in [2.24, 2.45) is 0 Å². The average Bonchev–Trinajstić information content (AvgIpc) is 2.23. The topological polar surface area (TPSA) is 16.1 Å². The minimum absolute atomic E-state index is 0.837. The maximum Gasteiger partial charge on any atom is 0.0432 e. The van der Waals surface area contributed by atoms with Crippen LogP contribution in [-0.4, -0.2) is 17.6 Å². The summed E-state index contributed by atoms with van der Waals surface area (Å²) in [5.41, 5.74) is 2.90. The number of aryl methyl sites for hydroxylation is 1. The molecule has 1 aromatic rings. The predicted octanol–water partition coefficient (Wildman–Crippen LogP) is 2.00. The second-order valence-corrected chi connectivity index (χ2v) is 4.03. The Bertz CT molecular complexity index is 322. The molecule has 1 unspecified atom stereocenters. The van der Waals surface area contributed by atoms with Gasteiger partial charge in [-0.15, -0.1) is 0 Å². The summed E-state index contributed by atoms with van der Waals surface area (Å²) in [5, 5.41) is 0. The summed E-state index contributed by atoms with van der Waals surface area (Å²) in [6.07, 6.45) is 9.27. The molecule has 3 heterocycles. The van der Waals surface area contributed by atoms with Gasteiger partial charge in [-0.3, -0.25) is 4.98 Å². The molecule has 1 atom stereocenters. The summed E-state index contributed by atoms with van der Waals surface area (Å²) in [4.78, 5) is 6.74. The second-order valence-electron chi connectivity index (χ2n) is 4.03. The first-order chi connectivity index (χ1) is 6.45. The molecule has 0 aliphatic carbocycles. The minimum atomic E-state index is 0.837. The molecule has 0 spiro atoms. The third-order valence-corrected chi connectivity index (χ3v) is 3.31. The van der Waals surface area contributed by atoms with Gasteiger partial charge in [-0.2, -0.15) is 0 Å². The summed E-state index contributed by atoms with van der Waals surface area (Å²) in [5.74, 6) is 0. The fourth-order valence-electron chi connectivity index (χ4n) is 2.48. The summed E-state index contributed by atoms with van der Waals surface area (Å²) < 4.78 is 0. The first-order valence-electron chi connectivity index (χ1n) is 5.15. The zero-order valence-corrected chi connectivity index (χ0v) is 7.74. The molecule has 3 rings (SSSR count). The molecule has 1 saturated heterocycles. The molecule has 1 fully saturated rings. The highest BCUT2D eigenvalue weighted by Gasteiger charge is 2.30. The molecule has 0 amide bonds. The molecule has 2 aliphatic rings. The van der Waals surface area contributed by atoms with Gasteiger partial charge in [-0.25, -0.2) is 0 Å². The fourth-order valence-corrected chi connectivity index (χ4v) is 2.48. The van der Waals surface area contributed by atoms with Gasteiger partial charge < -0.3 is 4.90 Å². The maximum absolute atomic E-state index is 4.20. The molecule has 13 heavy (non-hydrogen) atoms. The SMILES string of the molecule is c1cc2c(cn1)CCCC1CCN21. The second kappa shape index (κ2) is 2.72. The van der Waals surface area contributed by atoms with Gasteiger partial charge in [-0.1, -0.05) is 0 Å². The molecular formula is C11H14N2. The van der Waals surface area contributed by atoms with Gasteiger partial charge in [0.1, 0.15) is 0 Å². The van der Waals surface area contributed by atoms with Crippen LogP contribution in [-0.2, 0) is 6.42 Å². The van der Waals surface area contributed by atoms with E-state index in [1.54, 1.807) is 0 Å². The van der Waals surface area contributed by atoms with Crippen molar-refractivity contribution in [3.63, 3.8) is 0 Å². The summed E-state index contributed by atoms with van der Waals surface area (Å²) in [7, 11) is 0. The number of hydrogen-bond acceptors (Lipinski definition) is 2. The van der Waals surface area contributed by atoms with Crippen molar-refractivity contribution >= 4 is 5.69 Å². The monoisotopic (exact) mass is 174 g/mol. The lowest BCUT2D eigenvalue weighted by atomic mass is 9.99. The number of nitrogens with zero attached hydrogens (tertiary/aromatic N) is 2. The van der Waals surface area contributed by atoms with Crippen molar-refractivity contribution in [1.29, 1.82) is 0 Å². The van der Waals surface area contributed by atoms with E-state index in [-0.39, 0.29) is 0 Å². The Balaban J connectivity index is 2.04. The van der Waals surface area contributed by atoms with E-state index in [0.29, 0.717) is 0 Å². The summed E-state index contributed by atoms with van der Waals surface area (Å²) in [6.45, 7) is 1.25. The molecule has 0 radical (unpaired) electrons. The van der Waals surface area contributed by atoms with Crippen molar-refractivity contribution < 1.29 is 0 Å². The van der Waals surface area contributed by atoms with Crippen LogP contribution in [0, 0.1) is 0 Å². The van der Waals surface area contributed by atoms with Gasteiger partial charge in [0.05, 0.1) is 0 Å². The molecule has 68 valence electrons. The molecule has 2 aliphatic heterocycles. The van der Waals surface area contributed by atoms with Crippen molar-refractivity contribution in [1.82, 2.24) is 4.98 Å². The van der Waals surface area contributed by atoms with E-state index in [0.717, 1.165) is 6.04 Å². The van der Waals surface area contributed by atoms with E-state index in [1.807, 2.05) is 12.4 Å². The van der Waals surface area contributed by atoms with Crippen LogP contribution in [0.15, 0.2) is 18.5 Å². The number of rotatable bonds is 0. The fraction of sp³-hybridized carbons (Fsp3) is 0.545. The summed E-state index contributed by atoms with van der Waals surface area (Å²) >= 11 is 0. The molecule has 0 bridgehead atoms. The quantitative estimate of drug-likeness (QED) is 0.598. The van der Waals surface area contributed by atoms with Crippen molar-refractivity contribution in [3.8, 4) is 0 Å².